The topological polar surface area (TPSA) is 140 Å². The van der Waals surface area contributed by atoms with Crippen LogP contribution in [0.25, 0.3) is 0 Å². The lowest BCUT2D eigenvalue weighted by Crippen LogP contribution is -2.21. The first kappa shape index (κ1) is 21.3. The highest BCUT2D eigenvalue weighted by atomic mass is 35.5. The molecule has 0 radical (unpaired) electrons. The summed E-state index contributed by atoms with van der Waals surface area (Å²) >= 11 is 5.70. The molecule has 0 bridgehead atoms. The fraction of sp³-hybridized carbons (Fsp3) is 0.111. The first-order valence-electron chi connectivity index (χ1n) is 8.38. The molecule has 2 aromatic heterocycles. The minimum atomic E-state index is -3.87. The van der Waals surface area contributed by atoms with Crippen molar-refractivity contribution in [2.45, 2.75) is 11.8 Å². The van der Waals surface area contributed by atoms with Gasteiger partial charge in [-0.3, -0.25) is 9.52 Å². The minimum Gasteiger partial charge on any atom is -0.452 e. The van der Waals surface area contributed by atoms with E-state index in [1.165, 1.54) is 48.7 Å². The number of ether oxygens (including phenoxy) is 1. The number of anilines is 2. The van der Waals surface area contributed by atoms with Crippen molar-refractivity contribution in [3.63, 3.8) is 0 Å². The highest BCUT2D eigenvalue weighted by Gasteiger charge is 2.17. The number of carbonyl (C=O) groups excluding carboxylic acids is 2. The van der Waals surface area contributed by atoms with E-state index >= 15 is 0 Å². The maximum atomic E-state index is 12.3. The summed E-state index contributed by atoms with van der Waals surface area (Å²) < 4.78 is 36.7. The first-order chi connectivity index (χ1) is 14.2. The third-order valence-electron chi connectivity index (χ3n) is 3.61. The van der Waals surface area contributed by atoms with Crippen molar-refractivity contribution in [3.05, 3.63) is 65.1 Å². The van der Waals surface area contributed by atoms with Gasteiger partial charge in [0.25, 0.3) is 15.9 Å². The molecule has 3 aromatic rings. The van der Waals surface area contributed by atoms with E-state index in [-0.39, 0.29) is 21.4 Å². The van der Waals surface area contributed by atoms with Gasteiger partial charge in [0, 0.05) is 18.0 Å². The van der Waals surface area contributed by atoms with E-state index in [0.717, 1.165) is 0 Å². The Labute approximate surface area is 176 Å². The third-order valence-corrected chi connectivity index (χ3v) is 5.19. The van der Waals surface area contributed by atoms with Gasteiger partial charge < -0.3 is 14.6 Å². The molecule has 1 amide bonds. The van der Waals surface area contributed by atoms with Crippen molar-refractivity contribution in [2.75, 3.05) is 16.6 Å². The van der Waals surface area contributed by atoms with Crippen molar-refractivity contribution >= 4 is 45.0 Å². The summed E-state index contributed by atoms with van der Waals surface area (Å²) in [5.74, 6) is -0.818. The van der Waals surface area contributed by atoms with Gasteiger partial charge >= 0.3 is 5.97 Å². The summed E-state index contributed by atoms with van der Waals surface area (Å²) in [6.07, 6.45) is 1.34. The summed E-state index contributed by atoms with van der Waals surface area (Å²) in [6, 6.07) is 9.55. The molecule has 0 spiro atoms. The van der Waals surface area contributed by atoms with E-state index < -0.39 is 28.5 Å². The number of pyridine rings is 1. The predicted molar refractivity (Wildman–Crippen MR) is 107 cm³/mol. The van der Waals surface area contributed by atoms with Crippen LogP contribution >= 0.6 is 11.6 Å². The van der Waals surface area contributed by atoms with Crippen LogP contribution in [0.2, 0.25) is 5.15 Å². The van der Waals surface area contributed by atoms with Crippen LogP contribution in [0.3, 0.4) is 0 Å². The van der Waals surface area contributed by atoms with Gasteiger partial charge in [-0.15, -0.1) is 0 Å². The highest BCUT2D eigenvalue weighted by molar-refractivity contribution is 7.92. The number of sulfonamides is 1. The van der Waals surface area contributed by atoms with Crippen LogP contribution in [0.4, 0.5) is 11.5 Å². The second-order valence-corrected chi connectivity index (χ2v) is 8.01. The molecule has 0 aliphatic carbocycles. The maximum Gasteiger partial charge on any atom is 0.338 e. The number of hydrogen-bond donors (Lipinski definition) is 2. The lowest BCUT2D eigenvalue weighted by atomic mass is 10.3. The largest absolute Gasteiger partial charge is 0.452 e. The number of rotatable bonds is 7. The molecular weight excluding hydrogens is 436 g/mol. The zero-order valence-electron chi connectivity index (χ0n) is 15.5. The Morgan fingerprint density at radius 3 is 2.53 bits per heavy atom. The molecule has 2 heterocycles. The second-order valence-electron chi connectivity index (χ2n) is 5.94. The quantitative estimate of drug-likeness (QED) is 0.413. The Bertz CT molecular complexity index is 1180. The Morgan fingerprint density at radius 2 is 1.90 bits per heavy atom. The van der Waals surface area contributed by atoms with Crippen LogP contribution in [0.1, 0.15) is 16.1 Å². The number of nitrogens with one attached hydrogen (secondary N) is 2. The number of carbonyl (C=O) groups is 2. The summed E-state index contributed by atoms with van der Waals surface area (Å²) in [7, 11) is -3.87. The van der Waals surface area contributed by atoms with Gasteiger partial charge in [0.15, 0.2) is 12.4 Å². The van der Waals surface area contributed by atoms with E-state index in [2.05, 4.69) is 20.2 Å². The number of halogens is 1. The van der Waals surface area contributed by atoms with Gasteiger partial charge in [-0.05, 0) is 43.3 Å². The maximum absolute atomic E-state index is 12.3. The van der Waals surface area contributed by atoms with Crippen LogP contribution in [0, 0.1) is 6.92 Å². The Morgan fingerprint density at radius 1 is 1.17 bits per heavy atom. The fourth-order valence-corrected chi connectivity index (χ4v) is 3.43. The average molecular weight is 451 g/mol. The summed E-state index contributed by atoms with van der Waals surface area (Å²) in [4.78, 5) is 27.6. The van der Waals surface area contributed by atoms with E-state index in [4.69, 9.17) is 20.9 Å². The number of aromatic nitrogens is 2. The van der Waals surface area contributed by atoms with Crippen molar-refractivity contribution in [1.82, 2.24) is 10.1 Å². The minimum absolute atomic E-state index is 0.0397. The molecule has 2 N–H and O–H groups in total. The molecule has 0 unspecified atom stereocenters. The zero-order chi connectivity index (χ0) is 21.7. The van der Waals surface area contributed by atoms with Gasteiger partial charge in [0.1, 0.15) is 10.9 Å². The lowest BCUT2D eigenvalue weighted by Gasteiger charge is -2.08. The molecular formula is C18H15ClN4O6S. The Hall–Kier alpha value is -3.44. The third kappa shape index (κ3) is 5.55. The van der Waals surface area contributed by atoms with Gasteiger partial charge in [0.2, 0.25) is 0 Å². The number of amides is 1. The molecule has 156 valence electrons. The number of hydrogen-bond acceptors (Lipinski definition) is 8. The molecule has 0 saturated carbocycles. The van der Waals surface area contributed by atoms with Crippen molar-refractivity contribution in [3.8, 4) is 0 Å². The number of esters is 1. The lowest BCUT2D eigenvalue weighted by molar-refractivity contribution is -0.119. The van der Waals surface area contributed by atoms with Gasteiger partial charge in [-0.25, -0.2) is 18.2 Å². The molecule has 10 nitrogen and oxygen atoms in total. The normalized spacial score (nSPS) is 11.0. The SMILES string of the molecule is Cc1cc(NS(=O)(=O)c2ccc(NC(=O)COC(=O)c3ccnc(Cl)c3)cc2)no1. The zero-order valence-corrected chi connectivity index (χ0v) is 17.0. The van der Waals surface area contributed by atoms with Gasteiger partial charge in [0.05, 0.1) is 10.5 Å². The molecule has 0 aliphatic heterocycles. The van der Waals surface area contributed by atoms with E-state index in [9.17, 15) is 18.0 Å². The smallest absolute Gasteiger partial charge is 0.338 e. The average Bonchev–Trinajstić information content (AvgIpc) is 3.10. The van der Waals surface area contributed by atoms with Crippen LogP contribution in [0.15, 0.2) is 58.1 Å². The number of benzene rings is 1. The molecule has 3 rings (SSSR count). The molecule has 0 atom stereocenters. The van der Waals surface area contributed by atoms with Gasteiger partial charge in [-0.2, -0.15) is 0 Å². The second kappa shape index (κ2) is 8.93. The van der Waals surface area contributed by atoms with E-state index in [1.54, 1.807) is 6.92 Å². The van der Waals surface area contributed by atoms with Crippen molar-refractivity contribution in [2.24, 2.45) is 0 Å². The van der Waals surface area contributed by atoms with Crippen LogP contribution in [-0.4, -0.2) is 37.0 Å². The monoisotopic (exact) mass is 450 g/mol. The molecule has 12 heteroatoms. The molecule has 0 saturated heterocycles. The van der Waals surface area contributed by atoms with E-state index in [1.807, 2.05) is 0 Å². The molecule has 0 fully saturated rings. The summed E-state index contributed by atoms with van der Waals surface area (Å²) in [5, 5.41) is 6.19. The van der Waals surface area contributed by atoms with Crippen LogP contribution in [0.5, 0.6) is 0 Å². The highest BCUT2D eigenvalue weighted by Crippen LogP contribution is 2.18. The first-order valence-corrected chi connectivity index (χ1v) is 10.2. The molecule has 0 aliphatic rings. The Balaban J connectivity index is 1.55. The molecule has 30 heavy (non-hydrogen) atoms. The van der Waals surface area contributed by atoms with Crippen molar-refractivity contribution < 1.29 is 27.3 Å². The summed E-state index contributed by atoms with van der Waals surface area (Å²) in [6.45, 7) is 1.09. The van der Waals surface area contributed by atoms with Crippen LogP contribution < -0.4 is 10.0 Å². The van der Waals surface area contributed by atoms with E-state index in [0.29, 0.717) is 11.4 Å². The Kier molecular flexibility index (Phi) is 6.33. The standard InChI is InChI=1S/C18H15ClN4O6S/c1-11-8-16(22-29-11)23-30(26,27)14-4-2-13(3-5-14)21-17(24)10-28-18(25)12-6-7-20-15(19)9-12/h2-9H,10H2,1H3,(H,21,24)(H,22,23). The number of nitrogens with zero attached hydrogens (tertiary/aromatic N) is 2. The fourth-order valence-electron chi connectivity index (χ4n) is 2.27. The predicted octanol–water partition coefficient (Wildman–Crippen LogP) is 2.63. The number of aryl methyl sites for hydroxylation is 1. The molecule has 1 aromatic carbocycles. The van der Waals surface area contributed by atoms with Gasteiger partial charge in [-0.1, -0.05) is 16.8 Å². The van der Waals surface area contributed by atoms with Crippen molar-refractivity contribution in [1.29, 1.82) is 0 Å². The van der Waals surface area contributed by atoms with Crippen LogP contribution in [-0.2, 0) is 19.6 Å². The summed E-state index contributed by atoms with van der Waals surface area (Å²) in [5.41, 5.74) is 0.478.